The lowest BCUT2D eigenvalue weighted by Gasteiger charge is -2.13. The van der Waals surface area contributed by atoms with E-state index in [4.69, 9.17) is 4.74 Å². The Balaban J connectivity index is 1.55. The van der Waals surface area contributed by atoms with Gasteiger partial charge in [0.15, 0.2) is 0 Å². The molecule has 0 saturated carbocycles. The van der Waals surface area contributed by atoms with Crippen molar-refractivity contribution in [1.29, 1.82) is 0 Å². The molecule has 1 aliphatic carbocycles. The van der Waals surface area contributed by atoms with E-state index in [0.29, 0.717) is 13.2 Å². The molecule has 1 atom stereocenters. The molecule has 0 bridgehead atoms. The highest BCUT2D eigenvalue weighted by molar-refractivity contribution is 5.26. The van der Waals surface area contributed by atoms with Crippen LogP contribution in [0.3, 0.4) is 0 Å². The fourth-order valence-electron chi connectivity index (χ4n) is 2.37. The largest absolute Gasteiger partial charge is 0.491 e. The van der Waals surface area contributed by atoms with E-state index in [9.17, 15) is 5.11 Å². The molecule has 3 nitrogen and oxygen atoms in total. The van der Waals surface area contributed by atoms with E-state index in [-0.39, 0.29) is 0 Å². The third-order valence-corrected chi connectivity index (χ3v) is 3.60. The van der Waals surface area contributed by atoms with Crippen LogP contribution in [0, 0.1) is 6.92 Å². The number of hydrogen-bond donors (Lipinski definition) is 2. The second kappa shape index (κ2) is 8.08. The predicted molar refractivity (Wildman–Crippen MR) is 82.1 cm³/mol. The van der Waals surface area contributed by atoms with Crippen LogP contribution in [0.1, 0.15) is 31.2 Å². The van der Waals surface area contributed by atoms with Gasteiger partial charge in [0.2, 0.25) is 0 Å². The van der Waals surface area contributed by atoms with Crippen LogP contribution >= 0.6 is 0 Å². The van der Waals surface area contributed by atoms with Gasteiger partial charge < -0.3 is 15.2 Å². The third-order valence-electron chi connectivity index (χ3n) is 3.60. The molecule has 0 heterocycles. The van der Waals surface area contributed by atoms with Gasteiger partial charge in [-0.25, -0.2) is 0 Å². The van der Waals surface area contributed by atoms with Gasteiger partial charge in [-0.15, -0.1) is 0 Å². The zero-order chi connectivity index (χ0) is 14.2. The van der Waals surface area contributed by atoms with Crippen molar-refractivity contribution in [2.75, 3.05) is 19.7 Å². The molecule has 2 rings (SSSR count). The zero-order valence-electron chi connectivity index (χ0n) is 12.3. The molecule has 0 radical (unpaired) electrons. The van der Waals surface area contributed by atoms with Gasteiger partial charge in [0, 0.05) is 6.54 Å². The Bertz CT molecular complexity index is 425. The van der Waals surface area contributed by atoms with Crippen LogP contribution in [-0.4, -0.2) is 30.9 Å². The van der Waals surface area contributed by atoms with Crippen LogP contribution in [0.25, 0.3) is 0 Å². The van der Waals surface area contributed by atoms with Crippen LogP contribution in [-0.2, 0) is 0 Å². The van der Waals surface area contributed by atoms with Gasteiger partial charge in [-0.3, -0.25) is 0 Å². The monoisotopic (exact) mass is 275 g/mol. The number of allylic oxidation sites excluding steroid dienone is 1. The molecule has 0 fully saturated rings. The van der Waals surface area contributed by atoms with E-state index in [1.807, 2.05) is 31.2 Å². The first-order chi connectivity index (χ1) is 9.74. The highest BCUT2D eigenvalue weighted by Crippen LogP contribution is 2.19. The summed E-state index contributed by atoms with van der Waals surface area (Å²) in [6, 6.07) is 7.88. The lowest BCUT2D eigenvalue weighted by Crippen LogP contribution is -2.32. The van der Waals surface area contributed by atoms with Crippen LogP contribution in [0.15, 0.2) is 35.9 Å². The number of benzene rings is 1. The average Bonchev–Trinajstić information content (AvgIpc) is 2.96. The molecular weight excluding hydrogens is 250 g/mol. The van der Waals surface area contributed by atoms with Gasteiger partial charge >= 0.3 is 0 Å². The second-order valence-electron chi connectivity index (χ2n) is 5.49. The van der Waals surface area contributed by atoms with Crippen molar-refractivity contribution >= 4 is 0 Å². The van der Waals surface area contributed by atoms with Gasteiger partial charge in [0.05, 0.1) is 0 Å². The second-order valence-corrected chi connectivity index (χ2v) is 5.49. The van der Waals surface area contributed by atoms with Crippen molar-refractivity contribution in [2.45, 2.75) is 38.7 Å². The normalized spacial score (nSPS) is 16.0. The molecule has 0 aliphatic heterocycles. The van der Waals surface area contributed by atoms with Gasteiger partial charge in [0.25, 0.3) is 0 Å². The van der Waals surface area contributed by atoms with Crippen molar-refractivity contribution in [1.82, 2.24) is 5.32 Å². The number of ether oxygens (including phenoxy) is 1. The summed E-state index contributed by atoms with van der Waals surface area (Å²) in [7, 11) is 0. The highest BCUT2D eigenvalue weighted by atomic mass is 16.5. The molecule has 0 spiro atoms. The van der Waals surface area contributed by atoms with Crippen molar-refractivity contribution < 1.29 is 9.84 Å². The molecule has 3 heteroatoms. The first-order valence-electron chi connectivity index (χ1n) is 7.50. The minimum Gasteiger partial charge on any atom is -0.491 e. The summed E-state index contributed by atoms with van der Waals surface area (Å²) in [5.41, 5.74) is 2.77. The molecule has 0 aromatic heterocycles. The molecule has 1 unspecified atom stereocenters. The maximum atomic E-state index is 9.85. The standard InChI is InChI=1S/C17H25NO2/c1-14-6-8-17(9-7-14)20-13-16(19)12-18-11-10-15-4-2-3-5-15/h4,6-9,16,18-19H,2-3,5,10-13H2,1H3. The number of aliphatic hydroxyl groups is 1. The lowest BCUT2D eigenvalue weighted by molar-refractivity contribution is 0.106. The maximum Gasteiger partial charge on any atom is 0.119 e. The predicted octanol–water partition coefficient (Wildman–Crippen LogP) is 2.82. The first-order valence-corrected chi connectivity index (χ1v) is 7.50. The van der Waals surface area contributed by atoms with Crippen molar-refractivity contribution in [2.24, 2.45) is 0 Å². The van der Waals surface area contributed by atoms with Gasteiger partial charge in [-0.1, -0.05) is 29.3 Å². The topological polar surface area (TPSA) is 41.5 Å². The van der Waals surface area contributed by atoms with E-state index in [0.717, 1.165) is 18.7 Å². The molecule has 1 aromatic rings. The fourth-order valence-corrected chi connectivity index (χ4v) is 2.37. The van der Waals surface area contributed by atoms with Crippen LogP contribution < -0.4 is 10.1 Å². The summed E-state index contributed by atoms with van der Waals surface area (Å²) in [5, 5.41) is 13.1. The number of aryl methyl sites for hydroxylation is 1. The van der Waals surface area contributed by atoms with Crippen molar-refractivity contribution in [3.8, 4) is 5.75 Å². The SMILES string of the molecule is Cc1ccc(OCC(O)CNCCC2=CCCC2)cc1. The smallest absolute Gasteiger partial charge is 0.119 e. The summed E-state index contributed by atoms with van der Waals surface area (Å²) < 4.78 is 5.55. The van der Waals surface area contributed by atoms with Crippen LogP contribution in [0.5, 0.6) is 5.75 Å². The molecule has 1 aromatic carbocycles. The minimum atomic E-state index is -0.464. The van der Waals surface area contributed by atoms with Crippen molar-refractivity contribution in [3.63, 3.8) is 0 Å². The molecule has 1 aliphatic rings. The van der Waals surface area contributed by atoms with E-state index in [1.165, 1.54) is 24.8 Å². The van der Waals surface area contributed by atoms with Gasteiger partial charge in [-0.2, -0.15) is 0 Å². The summed E-state index contributed by atoms with van der Waals surface area (Å²) >= 11 is 0. The van der Waals surface area contributed by atoms with Gasteiger partial charge in [0.1, 0.15) is 18.5 Å². The third kappa shape index (κ3) is 5.35. The Morgan fingerprint density at radius 2 is 2.10 bits per heavy atom. The number of hydrogen-bond acceptors (Lipinski definition) is 3. The van der Waals surface area contributed by atoms with E-state index >= 15 is 0 Å². The number of nitrogens with one attached hydrogen (secondary N) is 1. The Morgan fingerprint density at radius 1 is 1.30 bits per heavy atom. The number of aliphatic hydroxyl groups excluding tert-OH is 1. The Hall–Kier alpha value is -1.32. The molecule has 110 valence electrons. The summed E-state index contributed by atoms with van der Waals surface area (Å²) in [4.78, 5) is 0. The molecule has 0 saturated heterocycles. The average molecular weight is 275 g/mol. The van der Waals surface area contributed by atoms with E-state index in [2.05, 4.69) is 11.4 Å². The fraction of sp³-hybridized carbons (Fsp3) is 0.529. The Kier molecular flexibility index (Phi) is 6.09. The quantitative estimate of drug-likeness (QED) is 0.566. The van der Waals surface area contributed by atoms with Crippen LogP contribution in [0.4, 0.5) is 0 Å². The summed E-state index contributed by atoms with van der Waals surface area (Å²) in [6.45, 7) is 3.90. The summed E-state index contributed by atoms with van der Waals surface area (Å²) in [5.74, 6) is 0.811. The maximum absolute atomic E-state index is 9.85. The lowest BCUT2D eigenvalue weighted by atomic mass is 10.2. The zero-order valence-corrected chi connectivity index (χ0v) is 12.3. The first kappa shape index (κ1) is 15.1. The minimum absolute atomic E-state index is 0.332. The molecule has 0 amide bonds. The van der Waals surface area contributed by atoms with Crippen molar-refractivity contribution in [3.05, 3.63) is 41.5 Å². The Morgan fingerprint density at radius 3 is 2.80 bits per heavy atom. The summed E-state index contributed by atoms with van der Waals surface area (Å²) in [6.07, 6.45) is 6.78. The number of rotatable bonds is 8. The molecule has 2 N–H and O–H groups in total. The molecule has 20 heavy (non-hydrogen) atoms. The Labute approximate surface area is 121 Å². The highest BCUT2D eigenvalue weighted by Gasteiger charge is 2.06. The van der Waals surface area contributed by atoms with Crippen LogP contribution in [0.2, 0.25) is 0 Å². The molecular formula is C17H25NO2. The van der Waals surface area contributed by atoms with E-state index < -0.39 is 6.10 Å². The van der Waals surface area contributed by atoms with E-state index in [1.54, 1.807) is 5.57 Å². The van der Waals surface area contributed by atoms with Gasteiger partial charge in [-0.05, 0) is 51.3 Å².